The fourth-order valence-electron chi connectivity index (χ4n) is 2.63. The van der Waals surface area contributed by atoms with Crippen molar-refractivity contribution in [2.45, 2.75) is 19.6 Å². The van der Waals surface area contributed by atoms with Crippen LogP contribution in [0.25, 0.3) is 0 Å². The maximum atomic E-state index is 14.0. The van der Waals surface area contributed by atoms with Gasteiger partial charge in [0.15, 0.2) is 9.84 Å². The summed E-state index contributed by atoms with van der Waals surface area (Å²) in [5.41, 5.74) is 0. The van der Waals surface area contributed by atoms with E-state index in [0.29, 0.717) is 4.90 Å². The van der Waals surface area contributed by atoms with Crippen LogP contribution in [0.2, 0.25) is 0 Å². The normalized spacial score (nSPS) is 12.7. The van der Waals surface area contributed by atoms with Gasteiger partial charge in [0.25, 0.3) is 0 Å². The van der Waals surface area contributed by atoms with Crippen molar-refractivity contribution in [1.29, 1.82) is 0 Å². The molecule has 3 aromatic rings. The average Bonchev–Trinajstić information content (AvgIpc) is 2.62. The molecule has 24 heavy (non-hydrogen) atoms. The van der Waals surface area contributed by atoms with Gasteiger partial charge in [0, 0.05) is 20.9 Å². The van der Waals surface area contributed by atoms with E-state index in [1.54, 1.807) is 12.1 Å². The summed E-state index contributed by atoms with van der Waals surface area (Å²) in [6, 6.07) is 24.9. The van der Waals surface area contributed by atoms with Crippen molar-refractivity contribution < 1.29 is 12.6 Å². The van der Waals surface area contributed by atoms with Crippen LogP contribution in [0.15, 0.2) is 105 Å². The fourth-order valence-corrected chi connectivity index (χ4v) is 5.90. The highest BCUT2D eigenvalue weighted by Gasteiger charge is 2.23. The molecule has 0 aromatic heterocycles. The topological polar surface area (TPSA) is 51.2 Å². The average molecular weight is 358 g/mol. The summed E-state index contributed by atoms with van der Waals surface area (Å²) in [6.45, 7) is 0. The first-order valence-electron chi connectivity index (χ1n) is 7.44. The third kappa shape index (κ3) is 3.05. The monoisotopic (exact) mass is 358 g/mol. The maximum Gasteiger partial charge on any atom is 0.175 e. The lowest BCUT2D eigenvalue weighted by atomic mass is 10.4. The number of benzene rings is 3. The zero-order chi connectivity index (χ0) is 17.2. The molecular weight excluding hydrogens is 340 g/mol. The molecule has 0 radical (unpaired) electrons. The SMILES string of the molecule is CS(=O)(=O)c1ccc([SH](=O)(c2ccccc2)c2ccccc2)cc1. The van der Waals surface area contributed by atoms with Gasteiger partial charge in [0.05, 0.1) is 4.90 Å². The Labute approximate surface area is 143 Å². The van der Waals surface area contributed by atoms with Gasteiger partial charge in [0.2, 0.25) is 0 Å². The zero-order valence-electron chi connectivity index (χ0n) is 13.2. The predicted octanol–water partition coefficient (Wildman–Crippen LogP) is 3.58. The summed E-state index contributed by atoms with van der Waals surface area (Å²) in [4.78, 5) is 2.29. The van der Waals surface area contributed by atoms with Crippen LogP contribution < -0.4 is 0 Å². The van der Waals surface area contributed by atoms with Gasteiger partial charge < -0.3 is 0 Å². The van der Waals surface area contributed by atoms with Gasteiger partial charge in [-0.05, 0) is 58.5 Å². The van der Waals surface area contributed by atoms with Crippen molar-refractivity contribution in [3.05, 3.63) is 84.9 Å². The Morgan fingerprint density at radius 2 is 1.00 bits per heavy atom. The Morgan fingerprint density at radius 3 is 1.38 bits per heavy atom. The van der Waals surface area contributed by atoms with E-state index in [2.05, 4.69) is 0 Å². The van der Waals surface area contributed by atoms with Gasteiger partial charge in [-0.3, -0.25) is 4.21 Å². The molecule has 3 aromatic carbocycles. The lowest BCUT2D eigenvalue weighted by Gasteiger charge is -2.25. The van der Waals surface area contributed by atoms with Crippen LogP contribution in [-0.2, 0) is 19.8 Å². The van der Waals surface area contributed by atoms with Crippen molar-refractivity contribution in [2.75, 3.05) is 6.26 Å². The fraction of sp³-hybridized carbons (Fsp3) is 0.0526. The smallest absolute Gasteiger partial charge is 0.175 e. The predicted molar refractivity (Wildman–Crippen MR) is 96.8 cm³/mol. The lowest BCUT2D eigenvalue weighted by molar-refractivity contribution is 0.601. The van der Waals surface area contributed by atoms with Gasteiger partial charge in [-0.2, -0.15) is 0 Å². The molecule has 0 amide bonds. The molecule has 0 saturated carbocycles. The number of hydrogen-bond acceptors (Lipinski definition) is 3. The Morgan fingerprint density at radius 1 is 0.625 bits per heavy atom. The summed E-state index contributed by atoms with van der Waals surface area (Å²) in [7, 11) is -6.33. The van der Waals surface area contributed by atoms with Crippen LogP contribution in [0.1, 0.15) is 0 Å². The van der Waals surface area contributed by atoms with Crippen LogP contribution in [0.3, 0.4) is 0 Å². The standard InChI is InChI=1S/C19H18O3S2/c1-23(20,21)16-12-14-19(15-13-16)24(22,17-8-4-2-5-9-17)18-10-6-3-7-11-18/h2-15,24H,1H3. The molecule has 0 saturated heterocycles. The molecule has 3 nitrogen and oxygen atoms in total. The molecular formula is C19H18O3S2. The van der Waals surface area contributed by atoms with E-state index in [1.165, 1.54) is 12.1 Å². The quantitative estimate of drug-likeness (QED) is 0.725. The van der Waals surface area contributed by atoms with Gasteiger partial charge >= 0.3 is 0 Å². The molecule has 0 aliphatic carbocycles. The van der Waals surface area contributed by atoms with E-state index >= 15 is 0 Å². The highest BCUT2D eigenvalue weighted by atomic mass is 32.2. The van der Waals surface area contributed by atoms with Gasteiger partial charge in [0.1, 0.15) is 0 Å². The molecule has 0 spiro atoms. The van der Waals surface area contributed by atoms with Crippen molar-refractivity contribution >= 4 is 19.8 Å². The number of thiol groups is 1. The second-order valence-electron chi connectivity index (χ2n) is 5.55. The molecule has 3 rings (SSSR count). The minimum absolute atomic E-state index is 0.221. The molecule has 5 heteroatoms. The van der Waals surface area contributed by atoms with Crippen molar-refractivity contribution in [3.8, 4) is 0 Å². The summed E-state index contributed by atoms with van der Waals surface area (Å²) < 4.78 is 37.4. The largest absolute Gasteiger partial charge is 0.271 e. The van der Waals surface area contributed by atoms with Crippen LogP contribution in [-0.4, -0.2) is 18.9 Å². The summed E-state index contributed by atoms with van der Waals surface area (Å²) in [6.07, 6.45) is 1.16. The van der Waals surface area contributed by atoms with E-state index in [0.717, 1.165) is 16.0 Å². The Kier molecular flexibility index (Phi) is 4.39. The number of hydrogen-bond donors (Lipinski definition) is 1. The molecule has 0 N–H and O–H groups in total. The lowest BCUT2D eigenvalue weighted by Crippen LogP contribution is -2.14. The van der Waals surface area contributed by atoms with E-state index in [1.807, 2.05) is 60.7 Å². The summed E-state index contributed by atoms with van der Waals surface area (Å²) in [5, 5.41) is 0. The first-order valence-corrected chi connectivity index (χ1v) is 11.0. The Hall–Kier alpha value is -2.24. The first kappa shape index (κ1) is 16.6. The molecule has 0 unspecified atom stereocenters. The maximum absolute atomic E-state index is 14.0. The second kappa shape index (κ2) is 6.34. The van der Waals surface area contributed by atoms with E-state index < -0.39 is 19.8 Å². The van der Waals surface area contributed by atoms with Crippen LogP contribution in [0.5, 0.6) is 0 Å². The second-order valence-corrected chi connectivity index (χ2v) is 10.3. The van der Waals surface area contributed by atoms with Crippen molar-refractivity contribution in [1.82, 2.24) is 0 Å². The minimum Gasteiger partial charge on any atom is -0.271 e. The third-order valence-electron chi connectivity index (χ3n) is 3.87. The van der Waals surface area contributed by atoms with Crippen LogP contribution in [0, 0.1) is 0 Å². The molecule has 0 aliphatic heterocycles. The summed E-state index contributed by atoms with van der Waals surface area (Å²) in [5.74, 6) is 0. The molecule has 0 atom stereocenters. The van der Waals surface area contributed by atoms with Gasteiger partial charge in [-0.15, -0.1) is 0 Å². The number of rotatable bonds is 4. The highest BCUT2D eigenvalue weighted by molar-refractivity contribution is 8.03. The van der Waals surface area contributed by atoms with Crippen molar-refractivity contribution in [3.63, 3.8) is 0 Å². The molecule has 0 bridgehead atoms. The Balaban J connectivity index is 2.22. The first-order chi connectivity index (χ1) is 11.4. The zero-order valence-corrected chi connectivity index (χ0v) is 14.9. The Bertz CT molecular complexity index is 934. The molecule has 0 aliphatic rings. The third-order valence-corrected chi connectivity index (χ3v) is 8.07. The van der Waals surface area contributed by atoms with Crippen LogP contribution in [0.4, 0.5) is 0 Å². The van der Waals surface area contributed by atoms with E-state index in [9.17, 15) is 12.6 Å². The highest BCUT2D eigenvalue weighted by Crippen LogP contribution is 2.36. The molecule has 0 heterocycles. The van der Waals surface area contributed by atoms with E-state index in [-0.39, 0.29) is 4.90 Å². The van der Waals surface area contributed by atoms with Gasteiger partial charge in [-0.25, -0.2) is 8.42 Å². The minimum atomic E-state index is -3.28. The molecule has 124 valence electrons. The van der Waals surface area contributed by atoms with Gasteiger partial charge in [-0.1, -0.05) is 36.4 Å². The summed E-state index contributed by atoms with van der Waals surface area (Å²) >= 11 is 0. The molecule has 0 fully saturated rings. The van der Waals surface area contributed by atoms with E-state index in [4.69, 9.17) is 0 Å². The van der Waals surface area contributed by atoms with Crippen LogP contribution >= 0.6 is 0 Å². The van der Waals surface area contributed by atoms with Crippen molar-refractivity contribution in [2.24, 2.45) is 0 Å². The number of sulfone groups is 1.